The number of benzene rings is 1. The molecule has 18 heavy (non-hydrogen) atoms. The molecule has 0 heterocycles. The van der Waals surface area contributed by atoms with Crippen molar-refractivity contribution in [2.24, 2.45) is 5.92 Å². The van der Waals surface area contributed by atoms with Gasteiger partial charge in [-0.2, -0.15) is 0 Å². The van der Waals surface area contributed by atoms with Crippen molar-refractivity contribution >= 4 is 10.0 Å². The molecule has 0 spiro atoms. The molecule has 4 heteroatoms. The number of nitrogens with one attached hydrogen (secondary N) is 1. The zero-order valence-corrected chi connectivity index (χ0v) is 12.0. The number of hydrogen-bond donors (Lipinski definition) is 1. The number of hydrogen-bond acceptors (Lipinski definition) is 2. The zero-order chi connectivity index (χ0) is 13.4. The fraction of sp³-hybridized carbons (Fsp3) is 0.571. The van der Waals surface area contributed by atoms with Gasteiger partial charge >= 0.3 is 0 Å². The summed E-state index contributed by atoms with van der Waals surface area (Å²) in [4.78, 5) is 0. The van der Waals surface area contributed by atoms with E-state index in [9.17, 15) is 8.42 Å². The first-order valence-electron chi connectivity index (χ1n) is 6.51. The average Bonchev–Trinajstić information content (AvgIpc) is 2.28. The van der Waals surface area contributed by atoms with Crippen LogP contribution >= 0.6 is 0 Å². The summed E-state index contributed by atoms with van der Waals surface area (Å²) < 4.78 is 26.2. The summed E-state index contributed by atoms with van der Waals surface area (Å²) in [6.07, 6.45) is 3.14. The maximum absolute atomic E-state index is 11.8. The van der Waals surface area contributed by atoms with Crippen molar-refractivity contribution in [2.75, 3.05) is 6.54 Å². The van der Waals surface area contributed by atoms with Crippen LogP contribution in [0.1, 0.15) is 38.7 Å². The molecule has 0 radical (unpaired) electrons. The molecule has 0 atom stereocenters. The van der Waals surface area contributed by atoms with Gasteiger partial charge in [-0.05, 0) is 17.9 Å². The van der Waals surface area contributed by atoms with Crippen LogP contribution in [-0.2, 0) is 15.8 Å². The molecule has 3 nitrogen and oxygen atoms in total. The van der Waals surface area contributed by atoms with E-state index in [-0.39, 0.29) is 5.75 Å². The molecule has 0 aliphatic carbocycles. The summed E-state index contributed by atoms with van der Waals surface area (Å²) in [5.74, 6) is 0.754. The van der Waals surface area contributed by atoms with Crippen LogP contribution in [0.15, 0.2) is 30.3 Å². The monoisotopic (exact) mass is 269 g/mol. The summed E-state index contributed by atoms with van der Waals surface area (Å²) >= 11 is 0. The maximum Gasteiger partial charge on any atom is 0.215 e. The second-order valence-electron chi connectivity index (χ2n) is 5.03. The van der Waals surface area contributed by atoms with Crippen molar-refractivity contribution < 1.29 is 8.42 Å². The molecule has 0 aromatic heterocycles. The van der Waals surface area contributed by atoms with E-state index in [1.807, 2.05) is 30.3 Å². The van der Waals surface area contributed by atoms with Crippen molar-refractivity contribution in [2.45, 2.75) is 38.9 Å². The van der Waals surface area contributed by atoms with E-state index < -0.39 is 10.0 Å². The first kappa shape index (κ1) is 15.2. The fourth-order valence-corrected chi connectivity index (χ4v) is 2.94. The predicted octanol–water partition coefficient (Wildman–Crippen LogP) is 2.93. The first-order valence-corrected chi connectivity index (χ1v) is 8.16. The lowest BCUT2D eigenvalue weighted by Crippen LogP contribution is -2.26. The summed E-state index contributed by atoms with van der Waals surface area (Å²) in [5, 5.41) is 0. The van der Waals surface area contributed by atoms with Crippen LogP contribution in [-0.4, -0.2) is 15.0 Å². The average molecular weight is 269 g/mol. The molecule has 0 saturated carbocycles. The second-order valence-corrected chi connectivity index (χ2v) is 6.84. The Balaban J connectivity index is 2.28. The summed E-state index contributed by atoms with van der Waals surface area (Å²) in [7, 11) is -3.19. The quantitative estimate of drug-likeness (QED) is 0.738. The van der Waals surface area contributed by atoms with E-state index in [4.69, 9.17) is 0 Å². The van der Waals surface area contributed by atoms with Gasteiger partial charge in [-0.15, -0.1) is 0 Å². The Morgan fingerprint density at radius 1 is 1.11 bits per heavy atom. The van der Waals surface area contributed by atoms with Crippen LogP contribution in [0.25, 0.3) is 0 Å². The second kappa shape index (κ2) is 7.54. The highest BCUT2D eigenvalue weighted by molar-refractivity contribution is 7.88. The molecule has 0 aliphatic rings. The third kappa shape index (κ3) is 6.77. The van der Waals surface area contributed by atoms with Gasteiger partial charge in [-0.25, -0.2) is 13.1 Å². The molecule has 1 N–H and O–H groups in total. The molecule has 0 aliphatic heterocycles. The van der Waals surface area contributed by atoms with Crippen LogP contribution in [0, 0.1) is 5.92 Å². The largest absolute Gasteiger partial charge is 0.215 e. The van der Waals surface area contributed by atoms with Crippen molar-refractivity contribution in [1.29, 1.82) is 0 Å². The Labute approximate surface area is 111 Å². The molecule has 0 saturated heterocycles. The van der Waals surface area contributed by atoms with Gasteiger partial charge in [0.05, 0.1) is 5.75 Å². The third-order valence-corrected chi connectivity index (χ3v) is 4.09. The molecule has 0 unspecified atom stereocenters. The van der Waals surface area contributed by atoms with Gasteiger partial charge in [-0.1, -0.05) is 57.0 Å². The van der Waals surface area contributed by atoms with E-state index in [1.54, 1.807) is 0 Å². The third-order valence-electron chi connectivity index (χ3n) is 2.73. The van der Waals surface area contributed by atoms with E-state index >= 15 is 0 Å². The van der Waals surface area contributed by atoms with Gasteiger partial charge in [0.25, 0.3) is 0 Å². The maximum atomic E-state index is 11.8. The van der Waals surface area contributed by atoms with Gasteiger partial charge < -0.3 is 0 Å². The Morgan fingerprint density at radius 3 is 2.39 bits per heavy atom. The summed E-state index contributed by atoms with van der Waals surface area (Å²) in [5.41, 5.74) is 0.826. The van der Waals surface area contributed by atoms with Gasteiger partial charge in [0, 0.05) is 6.54 Å². The lowest BCUT2D eigenvalue weighted by molar-refractivity contribution is 0.530. The van der Waals surface area contributed by atoms with Gasteiger partial charge in [0.15, 0.2) is 0 Å². The molecule has 0 amide bonds. The van der Waals surface area contributed by atoms with Gasteiger partial charge in [0.2, 0.25) is 10.0 Å². The molecular weight excluding hydrogens is 246 g/mol. The van der Waals surface area contributed by atoms with E-state index in [1.165, 1.54) is 0 Å². The fourth-order valence-electron chi connectivity index (χ4n) is 1.75. The lowest BCUT2D eigenvalue weighted by atomic mass is 10.1. The molecule has 1 rings (SSSR count). The van der Waals surface area contributed by atoms with Gasteiger partial charge in [0.1, 0.15) is 0 Å². The molecule has 102 valence electrons. The lowest BCUT2D eigenvalue weighted by Gasteiger charge is -2.07. The predicted molar refractivity (Wildman–Crippen MR) is 75.8 cm³/mol. The molecular formula is C14H23NO2S. The Bertz CT molecular complexity index is 426. The Morgan fingerprint density at radius 2 is 1.78 bits per heavy atom. The SMILES string of the molecule is CC(C)CCCCNS(=O)(=O)Cc1ccccc1. The Kier molecular flexibility index (Phi) is 6.36. The number of unbranched alkanes of at least 4 members (excludes halogenated alkanes) is 1. The van der Waals surface area contributed by atoms with Crippen molar-refractivity contribution in [3.63, 3.8) is 0 Å². The van der Waals surface area contributed by atoms with Crippen LogP contribution in [0.5, 0.6) is 0 Å². The Hall–Kier alpha value is -0.870. The minimum atomic E-state index is -3.19. The van der Waals surface area contributed by atoms with E-state index in [0.29, 0.717) is 12.5 Å². The standard InChI is InChI=1S/C14H23NO2S/c1-13(2)8-6-7-11-15-18(16,17)12-14-9-4-3-5-10-14/h3-5,9-10,13,15H,6-8,11-12H2,1-2H3. The van der Waals surface area contributed by atoms with Crippen molar-refractivity contribution in [1.82, 2.24) is 4.72 Å². The van der Waals surface area contributed by atoms with Crippen LogP contribution < -0.4 is 4.72 Å². The zero-order valence-electron chi connectivity index (χ0n) is 11.2. The number of rotatable bonds is 8. The highest BCUT2D eigenvalue weighted by Gasteiger charge is 2.10. The highest BCUT2D eigenvalue weighted by Crippen LogP contribution is 2.07. The topological polar surface area (TPSA) is 46.2 Å². The summed E-state index contributed by atoms with van der Waals surface area (Å²) in [6.45, 7) is 4.90. The van der Waals surface area contributed by atoms with E-state index in [2.05, 4.69) is 18.6 Å². The van der Waals surface area contributed by atoms with Crippen molar-refractivity contribution in [3.8, 4) is 0 Å². The molecule has 0 fully saturated rings. The van der Waals surface area contributed by atoms with Gasteiger partial charge in [-0.3, -0.25) is 0 Å². The molecule has 0 bridgehead atoms. The number of sulfonamides is 1. The minimum absolute atomic E-state index is 0.0675. The summed E-state index contributed by atoms with van der Waals surface area (Å²) in [6, 6.07) is 9.26. The molecule has 1 aromatic rings. The van der Waals surface area contributed by atoms with Crippen molar-refractivity contribution in [3.05, 3.63) is 35.9 Å². The smallest absolute Gasteiger partial charge is 0.215 e. The normalized spacial score (nSPS) is 11.9. The minimum Gasteiger partial charge on any atom is -0.215 e. The van der Waals surface area contributed by atoms with E-state index in [0.717, 1.165) is 24.8 Å². The van der Waals surface area contributed by atoms with Crippen LogP contribution in [0.4, 0.5) is 0 Å². The first-order chi connectivity index (χ1) is 8.49. The highest BCUT2D eigenvalue weighted by atomic mass is 32.2. The molecule has 1 aromatic carbocycles. The van der Waals surface area contributed by atoms with Crippen LogP contribution in [0.2, 0.25) is 0 Å². The van der Waals surface area contributed by atoms with Crippen LogP contribution in [0.3, 0.4) is 0 Å².